The molecule has 5 nitrogen and oxygen atoms in total. The van der Waals surface area contributed by atoms with Crippen molar-refractivity contribution in [3.8, 4) is 0 Å². The molecule has 1 aliphatic rings. The smallest absolute Gasteiger partial charge is 0.266 e. The van der Waals surface area contributed by atoms with E-state index in [1.807, 2.05) is 18.4 Å². The first-order valence-electron chi connectivity index (χ1n) is 7.16. The van der Waals surface area contributed by atoms with Crippen LogP contribution < -0.4 is 10.2 Å². The average Bonchev–Trinajstić information content (AvgIpc) is 2.95. The number of rotatable bonds is 3. The molecule has 1 fully saturated rings. The molecule has 2 aromatic heterocycles. The molecule has 0 aromatic carbocycles. The van der Waals surface area contributed by atoms with Crippen molar-refractivity contribution in [3.05, 3.63) is 34.3 Å². The fourth-order valence-electron chi connectivity index (χ4n) is 2.44. The van der Waals surface area contributed by atoms with Crippen LogP contribution in [0.15, 0.2) is 23.8 Å². The lowest BCUT2D eigenvalue weighted by Crippen LogP contribution is -2.30. The molecule has 0 aliphatic carbocycles. The first-order chi connectivity index (χ1) is 10.2. The van der Waals surface area contributed by atoms with Crippen LogP contribution in [0, 0.1) is 6.92 Å². The third kappa shape index (κ3) is 3.21. The molecule has 0 spiro atoms. The molecule has 0 unspecified atom stereocenters. The van der Waals surface area contributed by atoms with E-state index in [-0.39, 0.29) is 5.91 Å². The van der Waals surface area contributed by atoms with E-state index >= 15 is 0 Å². The molecule has 21 heavy (non-hydrogen) atoms. The van der Waals surface area contributed by atoms with Crippen molar-refractivity contribution in [3.63, 3.8) is 0 Å². The molecule has 0 saturated carbocycles. The number of thiophene rings is 1. The van der Waals surface area contributed by atoms with Gasteiger partial charge in [-0.15, -0.1) is 11.3 Å². The second-order valence-electron chi connectivity index (χ2n) is 5.21. The number of piperidine rings is 1. The highest BCUT2D eigenvalue weighted by atomic mass is 32.1. The van der Waals surface area contributed by atoms with Crippen LogP contribution in [0.5, 0.6) is 0 Å². The zero-order valence-electron chi connectivity index (χ0n) is 12.0. The standard InChI is InChI=1S/C15H18N4OS/c1-11-5-8-21-13(11)14(20)18-12-9-16-15(17-10-12)19-6-3-2-4-7-19/h5,8-10H,2-4,6-7H2,1H3,(H,18,20). The fraction of sp³-hybridized carbons (Fsp3) is 0.400. The Hall–Kier alpha value is -1.95. The van der Waals surface area contributed by atoms with Crippen LogP contribution in [-0.4, -0.2) is 29.0 Å². The van der Waals surface area contributed by atoms with E-state index < -0.39 is 0 Å². The summed E-state index contributed by atoms with van der Waals surface area (Å²) in [6.45, 7) is 3.96. The lowest BCUT2D eigenvalue weighted by Gasteiger charge is -2.26. The Kier molecular flexibility index (Phi) is 4.15. The van der Waals surface area contributed by atoms with Crippen molar-refractivity contribution in [2.45, 2.75) is 26.2 Å². The van der Waals surface area contributed by atoms with Gasteiger partial charge in [-0.3, -0.25) is 4.79 Å². The predicted molar refractivity (Wildman–Crippen MR) is 85.1 cm³/mol. The second kappa shape index (κ2) is 6.22. The van der Waals surface area contributed by atoms with Crippen molar-refractivity contribution in [2.24, 2.45) is 0 Å². The van der Waals surface area contributed by atoms with Gasteiger partial charge in [0.05, 0.1) is 23.0 Å². The molecule has 3 heterocycles. The fourth-order valence-corrected chi connectivity index (χ4v) is 3.26. The highest BCUT2D eigenvalue weighted by Crippen LogP contribution is 2.19. The quantitative estimate of drug-likeness (QED) is 0.946. The molecule has 6 heteroatoms. The van der Waals surface area contributed by atoms with Crippen LogP contribution in [-0.2, 0) is 0 Å². The Morgan fingerprint density at radius 2 is 1.95 bits per heavy atom. The number of aromatic nitrogens is 2. The van der Waals surface area contributed by atoms with Gasteiger partial charge in [0.2, 0.25) is 5.95 Å². The monoisotopic (exact) mass is 302 g/mol. The molecule has 0 atom stereocenters. The third-order valence-corrected chi connectivity index (χ3v) is 4.62. The van der Waals surface area contributed by atoms with Gasteiger partial charge in [0.1, 0.15) is 0 Å². The number of hydrogen-bond acceptors (Lipinski definition) is 5. The highest BCUT2D eigenvalue weighted by Gasteiger charge is 2.14. The van der Waals surface area contributed by atoms with Gasteiger partial charge < -0.3 is 10.2 Å². The average molecular weight is 302 g/mol. The van der Waals surface area contributed by atoms with Crippen molar-refractivity contribution in [1.82, 2.24) is 9.97 Å². The van der Waals surface area contributed by atoms with Gasteiger partial charge in [-0.1, -0.05) is 0 Å². The molecule has 0 radical (unpaired) electrons. The summed E-state index contributed by atoms with van der Waals surface area (Å²) >= 11 is 1.44. The van der Waals surface area contributed by atoms with Gasteiger partial charge in [0, 0.05) is 13.1 Å². The van der Waals surface area contributed by atoms with Gasteiger partial charge >= 0.3 is 0 Å². The summed E-state index contributed by atoms with van der Waals surface area (Å²) in [5.74, 6) is 0.650. The number of aryl methyl sites for hydroxylation is 1. The molecule has 1 N–H and O–H groups in total. The normalized spacial score (nSPS) is 15.0. The van der Waals surface area contributed by atoms with E-state index in [4.69, 9.17) is 0 Å². The maximum atomic E-state index is 12.1. The van der Waals surface area contributed by atoms with Gasteiger partial charge in [-0.25, -0.2) is 9.97 Å². The third-order valence-electron chi connectivity index (χ3n) is 3.60. The van der Waals surface area contributed by atoms with E-state index in [0.717, 1.165) is 29.5 Å². The largest absolute Gasteiger partial charge is 0.341 e. The minimum Gasteiger partial charge on any atom is -0.341 e. The molecule has 0 bridgehead atoms. The van der Waals surface area contributed by atoms with E-state index in [2.05, 4.69) is 20.2 Å². The topological polar surface area (TPSA) is 58.1 Å². The zero-order chi connectivity index (χ0) is 14.7. The number of carbonyl (C=O) groups excluding carboxylic acids is 1. The Morgan fingerprint density at radius 3 is 2.57 bits per heavy atom. The van der Waals surface area contributed by atoms with Gasteiger partial charge in [-0.05, 0) is 43.2 Å². The Bertz CT molecular complexity index is 617. The first-order valence-corrected chi connectivity index (χ1v) is 8.04. The Labute approximate surface area is 128 Å². The van der Waals surface area contributed by atoms with Crippen LogP contribution in [0.2, 0.25) is 0 Å². The van der Waals surface area contributed by atoms with E-state index in [0.29, 0.717) is 5.69 Å². The maximum Gasteiger partial charge on any atom is 0.266 e. The highest BCUT2D eigenvalue weighted by molar-refractivity contribution is 7.12. The molecule has 1 saturated heterocycles. The molecular formula is C15H18N4OS. The minimum atomic E-state index is -0.100. The number of nitrogens with one attached hydrogen (secondary N) is 1. The first kappa shape index (κ1) is 14.0. The summed E-state index contributed by atoms with van der Waals surface area (Å²) in [5, 5.41) is 4.76. The number of hydrogen-bond donors (Lipinski definition) is 1. The van der Waals surface area contributed by atoms with E-state index in [1.54, 1.807) is 12.4 Å². The van der Waals surface area contributed by atoms with E-state index in [9.17, 15) is 4.79 Å². The summed E-state index contributed by atoms with van der Waals surface area (Å²) in [5.41, 5.74) is 1.62. The molecular weight excluding hydrogens is 284 g/mol. The van der Waals surface area contributed by atoms with Crippen LogP contribution >= 0.6 is 11.3 Å². The van der Waals surface area contributed by atoms with Crippen LogP contribution in [0.25, 0.3) is 0 Å². The van der Waals surface area contributed by atoms with Gasteiger partial charge in [-0.2, -0.15) is 0 Å². The Morgan fingerprint density at radius 1 is 1.24 bits per heavy atom. The van der Waals surface area contributed by atoms with Crippen LogP contribution in [0.3, 0.4) is 0 Å². The number of carbonyl (C=O) groups is 1. The summed E-state index contributed by atoms with van der Waals surface area (Å²) in [6.07, 6.45) is 7.03. The molecule has 1 aliphatic heterocycles. The maximum absolute atomic E-state index is 12.1. The Balaban J connectivity index is 1.67. The van der Waals surface area contributed by atoms with Crippen LogP contribution in [0.1, 0.15) is 34.5 Å². The van der Waals surface area contributed by atoms with Crippen molar-refractivity contribution in [1.29, 1.82) is 0 Å². The minimum absolute atomic E-state index is 0.100. The summed E-state index contributed by atoms with van der Waals surface area (Å²) in [6, 6.07) is 1.94. The number of anilines is 2. The molecule has 110 valence electrons. The lowest BCUT2D eigenvalue weighted by molar-refractivity contribution is 0.103. The summed E-state index contributed by atoms with van der Waals surface area (Å²) in [7, 11) is 0. The molecule has 2 aromatic rings. The van der Waals surface area contributed by atoms with Gasteiger partial charge in [0.15, 0.2) is 0 Å². The summed E-state index contributed by atoms with van der Waals surface area (Å²) in [4.78, 5) is 23.8. The lowest BCUT2D eigenvalue weighted by atomic mass is 10.1. The van der Waals surface area contributed by atoms with Crippen molar-refractivity contribution < 1.29 is 4.79 Å². The van der Waals surface area contributed by atoms with Crippen LogP contribution in [0.4, 0.5) is 11.6 Å². The SMILES string of the molecule is Cc1ccsc1C(=O)Nc1cnc(N2CCCCC2)nc1. The summed E-state index contributed by atoms with van der Waals surface area (Å²) < 4.78 is 0. The second-order valence-corrected chi connectivity index (χ2v) is 6.12. The van der Waals surface area contributed by atoms with E-state index in [1.165, 1.54) is 30.6 Å². The predicted octanol–water partition coefficient (Wildman–Crippen LogP) is 3.09. The zero-order valence-corrected chi connectivity index (χ0v) is 12.8. The number of nitrogens with zero attached hydrogens (tertiary/aromatic N) is 3. The molecule has 3 rings (SSSR count). The van der Waals surface area contributed by atoms with Gasteiger partial charge in [0.25, 0.3) is 5.91 Å². The number of amides is 1. The van der Waals surface area contributed by atoms with Crippen molar-refractivity contribution >= 4 is 28.9 Å². The molecule has 1 amide bonds. The van der Waals surface area contributed by atoms with Crippen molar-refractivity contribution in [2.75, 3.05) is 23.3 Å².